The summed E-state index contributed by atoms with van der Waals surface area (Å²) in [6, 6.07) is 5.84. The molecular formula is C14H16FNO3. The van der Waals surface area contributed by atoms with Gasteiger partial charge in [0.15, 0.2) is 6.61 Å². The van der Waals surface area contributed by atoms with Gasteiger partial charge in [0.05, 0.1) is 5.92 Å². The third-order valence-corrected chi connectivity index (χ3v) is 3.16. The van der Waals surface area contributed by atoms with Gasteiger partial charge in [0.1, 0.15) is 5.82 Å². The highest BCUT2D eigenvalue weighted by Crippen LogP contribution is 2.38. The van der Waals surface area contributed by atoms with Crippen molar-refractivity contribution in [1.82, 2.24) is 5.32 Å². The molecule has 1 aliphatic rings. The number of esters is 1. The van der Waals surface area contributed by atoms with Crippen LogP contribution in [0, 0.1) is 17.7 Å². The minimum Gasteiger partial charge on any atom is -0.455 e. The fraction of sp³-hybridized carbons (Fsp3) is 0.429. The maximum absolute atomic E-state index is 12.7. The summed E-state index contributed by atoms with van der Waals surface area (Å²) in [5, 5.41) is 2.61. The highest BCUT2D eigenvalue weighted by molar-refractivity contribution is 5.82. The van der Waals surface area contributed by atoms with Crippen LogP contribution in [0.2, 0.25) is 0 Å². The lowest BCUT2D eigenvalue weighted by atomic mass is 10.2. The number of benzene rings is 1. The number of amides is 1. The summed E-state index contributed by atoms with van der Waals surface area (Å²) in [5.74, 6) is -0.641. The first-order valence-corrected chi connectivity index (χ1v) is 6.24. The number of carbonyl (C=O) groups excluding carboxylic acids is 2. The van der Waals surface area contributed by atoms with E-state index in [0.29, 0.717) is 5.92 Å². The Balaban J connectivity index is 1.67. The minimum absolute atomic E-state index is 0.0371. The van der Waals surface area contributed by atoms with Gasteiger partial charge in [-0.2, -0.15) is 0 Å². The molecule has 0 unspecified atom stereocenters. The Hall–Kier alpha value is -1.91. The van der Waals surface area contributed by atoms with Crippen molar-refractivity contribution in [3.63, 3.8) is 0 Å². The summed E-state index contributed by atoms with van der Waals surface area (Å²) in [4.78, 5) is 22.8. The number of nitrogens with one attached hydrogen (secondary N) is 1. The maximum Gasteiger partial charge on any atom is 0.309 e. The maximum atomic E-state index is 12.7. The van der Waals surface area contributed by atoms with Crippen LogP contribution in [0.3, 0.4) is 0 Å². The van der Waals surface area contributed by atoms with Gasteiger partial charge in [-0.25, -0.2) is 4.39 Å². The van der Waals surface area contributed by atoms with Crippen LogP contribution in [0.5, 0.6) is 0 Å². The van der Waals surface area contributed by atoms with Crippen LogP contribution >= 0.6 is 0 Å². The summed E-state index contributed by atoms with van der Waals surface area (Å²) in [6.07, 6.45) is 0.843. The normalized spacial score (nSPS) is 20.7. The summed E-state index contributed by atoms with van der Waals surface area (Å²) in [6.45, 7) is 2.00. The number of carbonyl (C=O) groups is 2. The third-order valence-electron chi connectivity index (χ3n) is 3.16. The number of rotatable bonds is 5. The summed E-state index contributed by atoms with van der Waals surface area (Å²) < 4.78 is 17.6. The lowest BCUT2D eigenvalue weighted by molar-refractivity contribution is -0.150. The van der Waals surface area contributed by atoms with Gasteiger partial charge in [0, 0.05) is 6.54 Å². The number of ether oxygens (including phenoxy) is 1. The van der Waals surface area contributed by atoms with E-state index in [9.17, 15) is 14.0 Å². The average molecular weight is 265 g/mol. The Morgan fingerprint density at radius 1 is 1.37 bits per heavy atom. The first-order valence-electron chi connectivity index (χ1n) is 6.24. The molecule has 102 valence electrons. The largest absolute Gasteiger partial charge is 0.455 e. The minimum atomic E-state index is -0.356. The molecule has 2 rings (SSSR count). The van der Waals surface area contributed by atoms with Crippen molar-refractivity contribution < 1.29 is 18.7 Å². The SMILES string of the molecule is C[C@H]1C[C@H]1C(=O)OCC(=O)NCc1ccc(F)cc1. The zero-order valence-corrected chi connectivity index (χ0v) is 10.7. The lowest BCUT2D eigenvalue weighted by Crippen LogP contribution is -2.28. The quantitative estimate of drug-likeness (QED) is 0.823. The highest BCUT2D eigenvalue weighted by Gasteiger charge is 2.40. The van der Waals surface area contributed by atoms with E-state index in [1.165, 1.54) is 12.1 Å². The van der Waals surface area contributed by atoms with Crippen LogP contribution in [0.4, 0.5) is 4.39 Å². The molecular weight excluding hydrogens is 249 g/mol. The number of halogens is 1. The Morgan fingerprint density at radius 3 is 2.58 bits per heavy atom. The molecule has 0 bridgehead atoms. The standard InChI is InChI=1S/C14H16FNO3/c1-9-6-12(9)14(18)19-8-13(17)16-7-10-2-4-11(15)5-3-10/h2-5,9,12H,6-8H2,1H3,(H,16,17)/t9-,12+/m0/s1. The molecule has 0 spiro atoms. The van der Waals surface area contributed by atoms with Crippen molar-refractivity contribution in [3.05, 3.63) is 35.6 Å². The second kappa shape index (κ2) is 5.82. The molecule has 0 radical (unpaired) electrons. The molecule has 0 heterocycles. The van der Waals surface area contributed by atoms with Crippen LogP contribution in [0.1, 0.15) is 18.9 Å². The molecule has 0 aliphatic heterocycles. The Labute approximate surface area is 110 Å². The first-order chi connectivity index (χ1) is 9.06. The fourth-order valence-electron chi connectivity index (χ4n) is 1.75. The first kappa shape index (κ1) is 13.5. The predicted octanol–water partition coefficient (Wildman–Crippen LogP) is 1.64. The predicted molar refractivity (Wildman–Crippen MR) is 66.5 cm³/mol. The molecule has 5 heteroatoms. The van der Waals surface area contributed by atoms with Crippen molar-refractivity contribution in [2.24, 2.45) is 11.8 Å². The monoisotopic (exact) mass is 265 g/mol. The lowest BCUT2D eigenvalue weighted by Gasteiger charge is -2.06. The van der Waals surface area contributed by atoms with E-state index in [4.69, 9.17) is 4.74 Å². The number of hydrogen-bond acceptors (Lipinski definition) is 3. The van der Waals surface area contributed by atoms with Gasteiger partial charge in [-0.3, -0.25) is 9.59 Å². The third kappa shape index (κ3) is 4.05. The molecule has 19 heavy (non-hydrogen) atoms. The summed E-state index contributed by atoms with van der Waals surface area (Å²) in [7, 11) is 0. The smallest absolute Gasteiger partial charge is 0.309 e. The van der Waals surface area contributed by atoms with E-state index in [0.717, 1.165) is 12.0 Å². The fourth-order valence-corrected chi connectivity index (χ4v) is 1.75. The van der Waals surface area contributed by atoms with E-state index in [1.54, 1.807) is 12.1 Å². The van der Waals surface area contributed by atoms with Crippen molar-refractivity contribution in [2.45, 2.75) is 19.9 Å². The van der Waals surface area contributed by atoms with Gasteiger partial charge in [-0.05, 0) is 30.0 Å². The van der Waals surface area contributed by atoms with E-state index in [1.807, 2.05) is 6.92 Å². The molecule has 1 aliphatic carbocycles. The molecule has 1 aromatic rings. The molecule has 1 aromatic carbocycles. The van der Waals surface area contributed by atoms with Gasteiger partial charge in [0.25, 0.3) is 5.91 Å². The Bertz CT molecular complexity index is 472. The summed E-state index contributed by atoms with van der Waals surface area (Å²) >= 11 is 0. The summed E-state index contributed by atoms with van der Waals surface area (Å²) in [5.41, 5.74) is 0.789. The van der Waals surface area contributed by atoms with Gasteiger partial charge in [-0.1, -0.05) is 19.1 Å². The zero-order chi connectivity index (χ0) is 13.8. The zero-order valence-electron chi connectivity index (χ0n) is 10.7. The Morgan fingerprint density at radius 2 is 2.00 bits per heavy atom. The van der Waals surface area contributed by atoms with Crippen LogP contribution < -0.4 is 5.32 Å². The second-order valence-electron chi connectivity index (χ2n) is 4.83. The topological polar surface area (TPSA) is 55.4 Å². The van der Waals surface area contributed by atoms with E-state index >= 15 is 0 Å². The molecule has 4 nitrogen and oxygen atoms in total. The van der Waals surface area contributed by atoms with Gasteiger partial charge in [-0.15, -0.1) is 0 Å². The van der Waals surface area contributed by atoms with Crippen molar-refractivity contribution in [3.8, 4) is 0 Å². The average Bonchev–Trinajstić information content (AvgIpc) is 3.12. The molecule has 0 aromatic heterocycles. The van der Waals surface area contributed by atoms with Crippen molar-refractivity contribution in [1.29, 1.82) is 0 Å². The van der Waals surface area contributed by atoms with Crippen LogP contribution in [-0.2, 0) is 20.9 Å². The highest BCUT2D eigenvalue weighted by atomic mass is 19.1. The van der Waals surface area contributed by atoms with E-state index < -0.39 is 0 Å². The molecule has 1 N–H and O–H groups in total. The van der Waals surface area contributed by atoms with E-state index in [2.05, 4.69) is 5.32 Å². The van der Waals surface area contributed by atoms with Crippen molar-refractivity contribution >= 4 is 11.9 Å². The molecule has 1 amide bonds. The Kier molecular flexibility index (Phi) is 4.14. The molecule has 0 saturated heterocycles. The number of hydrogen-bond donors (Lipinski definition) is 1. The van der Waals surface area contributed by atoms with Gasteiger partial charge < -0.3 is 10.1 Å². The van der Waals surface area contributed by atoms with Crippen LogP contribution in [0.15, 0.2) is 24.3 Å². The van der Waals surface area contributed by atoms with Crippen LogP contribution in [-0.4, -0.2) is 18.5 Å². The van der Waals surface area contributed by atoms with Crippen LogP contribution in [0.25, 0.3) is 0 Å². The molecule has 1 fully saturated rings. The molecule has 2 atom stereocenters. The van der Waals surface area contributed by atoms with Crippen molar-refractivity contribution in [2.75, 3.05) is 6.61 Å². The van der Waals surface area contributed by atoms with Gasteiger partial charge >= 0.3 is 5.97 Å². The van der Waals surface area contributed by atoms with E-state index in [-0.39, 0.29) is 36.8 Å². The molecule has 1 saturated carbocycles. The second-order valence-corrected chi connectivity index (χ2v) is 4.83. The van der Waals surface area contributed by atoms with Gasteiger partial charge in [0.2, 0.25) is 0 Å².